The largest absolute Gasteiger partial charge is 0.383 e. The van der Waals surface area contributed by atoms with Crippen LogP contribution >= 0.6 is 11.3 Å². The van der Waals surface area contributed by atoms with Gasteiger partial charge in [0, 0.05) is 17.4 Å². The zero-order valence-electron chi connectivity index (χ0n) is 10.1. The zero-order valence-corrected chi connectivity index (χ0v) is 11.0. The van der Waals surface area contributed by atoms with Crippen molar-refractivity contribution in [2.45, 2.75) is 26.4 Å². The Morgan fingerprint density at radius 2 is 2.28 bits per heavy atom. The Morgan fingerprint density at radius 1 is 1.39 bits per heavy atom. The standard InChI is InChI=1S/C12H14N4OS/c1-7-14-8(6-18-7)4-11-15-10-2-3-17-5-9(10)12(13)16-11/h6H,2-5H2,1H3,(H2,13,15,16). The van der Waals surface area contributed by atoms with Gasteiger partial charge in [-0.15, -0.1) is 11.3 Å². The SMILES string of the molecule is Cc1nc(Cc2nc(N)c3c(n2)CCOC3)cs1. The van der Waals surface area contributed by atoms with E-state index in [9.17, 15) is 0 Å². The number of hydrogen-bond donors (Lipinski definition) is 1. The molecule has 3 heterocycles. The van der Waals surface area contributed by atoms with Gasteiger partial charge in [-0.25, -0.2) is 15.0 Å². The molecular weight excluding hydrogens is 248 g/mol. The van der Waals surface area contributed by atoms with Crippen LogP contribution < -0.4 is 5.73 Å². The van der Waals surface area contributed by atoms with Gasteiger partial charge in [-0.05, 0) is 6.92 Å². The summed E-state index contributed by atoms with van der Waals surface area (Å²) in [6.45, 7) is 3.23. The summed E-state index contributed by atoms with van der Waals surface area (Å²) < 4.78 is 5.37. The first kappa shape index (κ1) is 11.6. The minimum Gasteiger partial charge on any atom is -0.383 e. The highest BCUT2D eigenvalue weighted by molar-refractivity contribution is 7.09. The lowest BCUT2D eigenvalue weighted by molar-refractivity contribution is 0.109. The van der Waals surface area contributed by atoms with Crippen molar-refractivity contribution >= 4 is 17.2 Å². The molecule has 0 saturated carbocycles. The summed E-state index contributed by atoms with van der Waals surface area (Å²) in [4.78, 5) is 13.3. The number of hydrogen-bond acceptors (Lipinski definition) is 6. The predicted molar refractivity (Wildman–Crippen MR) is 69.5 cm³/mol. The average molecular weight is 262 g/mol. The molecule has 94 valence electrons. The number of nitrogens with two attached hydrogens (primary N) is 1. The highest BCUT2D eigenvalue weighted by Gasteiger charge is 2.17. The van der Waals surface area contributed by atoms with Crippen molar-refractivity contribution in [2.24, 2.45) is 0 Å². The molecule has 3 rings (SSSR count). The van der Waals surface area contributed by atoms with E-state index in [4.69, 9.17) is 10.5 Å². The fraction of sp³-hybridized carbons (Fsp3) is 0.417. The molecule has 0 aliphatic carbocycles. The molecule has 1 aliphatic rings. The molecule has 1 aliphatic heterocycles. The van der Waals surface area contributed by atoms with E-state index in [1.807, 2.05) is 12.3 Å². The summed E-state index contributed by atoms with van der Waals surface area (Å²) in [6, 6.07) is 0. The van der Waals surface area contributed by atoms with E-state index in [-0.39, 0.29) is 0 Å². The second-order valence-electron chi connectivity index (χ2n) is 4.29. The molecule has 2 aromatic heterocycles. The van der Waals surface area contributed by atoms with E-state index in [1.165, 1.54) is 0 Å². The van der Waals surface area contributed by atoms with E-state index in [2.05, 4.69) is 15.0 Å². The lowest BCUT2D eigenvalue weighted by Gasteiger charge is -2.17. The van der Waals surface area contributed by atoms with E-state index in [0.29, 0.717) is 25.5 Å². The molecule has 0 radical (unpaired) electrons. The smallest absolute Gasteiger partial charge is 0.136 e. The van der Waals surface area contributed by atoms with E-state index in [1.54, 1.807) is 11.3 Å². The zero-order chi connectivity index (χ0) is 12.5. The minimum atomic E-state index is 0.525. The Hall–Kier alpha value is -1.53. The van der Waals surface area contributed by atoms with E-state index >= 15 is 0 Å². The normalized spacial score (nSPS) is 14.5. The van der Waals surface area contributed by atoms with Crippen LogP contribution in [0, 0.1) is 6.92 Å². The lowest BCUT2D eigenvalue weighted by atomic mass is 10.1. The van der Waals surface area contributed by atoms with Crippen molar-refractivity contribution in [1.82, 2.24) is 15.0 Å². The Bertz CT molecular complexity index is 581. The quantitative estimate of drug-likeness (QED) is 0.887. The van der Waals surface area contributed by atoms with Gasteiger partial charge in [-0.3, -0.25) is 0 Å². The summed E-state index contributed by atoms with van der Waals surface area (Å²) in [5, 5.41) is 3.10. The molecule has 0 bridgehead atoms. The maximum atomic E-state index is 5.95. The number of aromatic nitrogens is 3. The van der Waals surface area contributed by atoms with Crippen LogP contribution in [0.25, 0.3) is 0 Å². The molecule has 6 heteroatoms. The number of ether oxygens (including phenoxy) is 1. The number of aryl methyl sites for hydroxylation is 1. The van der Waals surface area contributed by atoms with Crippen LogP contribution in [0.5, 0.6) is 0 Å². The lowest BCUT2D eigenvalue weighted by Crippen LogP contribution is -2.17. The minimum absolute atomic E-state index is 0.525. The molecule has 0 spiro atoms. The van der Waals surface area contributed by atoms with Crippen LogP contribution in [0.1, 0.15) is 27.8 Å². The van der Waals surface area contributed by atoms with Gasteiger partial charge in [-0.2, -0.15) is 0 Å². The summed E-state index contributed by atoms with van der Waals surface area (Å²) in [7, 11) is 0. The number of nitrogens with zero attached hydrogens (tertiary/aromatic N) is 3. The first-order valence-electron chi connectivity index (χ1n) is 5.85. The fourth-order valence-electron chi connectivity index (χ4n) is 2.04. The molecule has 0 aromatic carbocycles. The van der Waals surface area contributed by atoms with Crippen LogP contribution in [0.2, 0.25) is 0 Å². The molecule has 2 N–H and O–H groups in total. The number of thiazole rings is 1. The predicted octanol–water partition coefficient (Wildman–Crippen LogP) is 1.49. The molecule has 0 unspecified atom stereocenters. The summed E-state index contributed by atoms with van der Waals surface area (Å²) in [5.74, 6) is 1.29. The van der Waals surface area contributed by atoms with Crippen molar-refractivity contribution in [3.05, 3.63) is 33.2 Å². The number of anilines is 1. The van der Waals surface area contributed by atoms with Crippen molar-refractivity contribution in [1.29, 1.82) is 0 Å². The van der Waals surface area contributed by atoms with Gasteiger partial charge in [0.05, 0.1) is 36.0 Å². The van der Waals surface area contributed by atoms with Crippen LogP contribution in [0.3, 0.4) is 0 Å². The molecule has 5 nitrogen and oxygen atoms in total. The van der Waals surface area contributed by atoms with Gasteiger partial charge in [-0.1, -0.05) is 0 Å². The van der Waals surface area contributed by atoms with Crippen LogP contribution in [-0.2, 0) is 24.2 Å². The van der Waals surface area contributed by atoms with Gasteiger partial charge < -0.3 is 10.5 Å². The Balaban J connectivity index is 1.91. The second-order valence-corrected chi connectivity index (χ2v) is 5.35. The maximum Gasteiger partial charge on any atom is 0.136 e. The van der Waals surface area contributed by atoms with Gasteiger partial charge in [0.25, 0.3) is 0 Å². The number of rotatable bonds is 2. The second kappa shape index (κ2) is 4.62. The maximum absolute atomic E-state index is 5.95. The van der Waals surface area contributed by atoms with Gasteiger partial charge in [0.1, 0.15) is 11.6 Å². The first-order valence-corrected chi connectivity index (χ1v) is 6.73. The van der Waals surface area contributed by atoms with E-state index in [0.717, 1.165) is 34.2 Å². The fourth-order valence-corrected chi connectivity index (χ4v) is 2.65. The van der Waals surface area contributed by atoms with Crippen molar-refractivity contribution in [2.75, 3.05) is 12.3 Å². The summed E-state index contributed by atoms with van der Waals surface area (Å²) >= 11 is 1.64. The molecule has 0 atom stereocenters. The molecule has 0 saturated heterocycles. The van der Waals surface area contributed by atoms with Crippen molar-refractivity contribution in [3.63, 3.8) is 0 Å². The van der Waals surface area contributed by atoms with Gasteiger partial charge >= 0.3 is 0 Å². The summed E-state index contributed by atoms with van der Waals surface area (Å²) in [5.41, 5.74) is 8.92. The molecule has 0 amide bonds. The highest BCUT2D eigenvalue weighted by atomic mass is 32.1. The molecule has 0 fully saturated rings. The van der Waals surface area contributed by atoms with Crippen LogP contribution in [0.4, 0.5) is 5.82 Å². The average Bonchev–Trinajstić information content (AvgIpc) is 2.75. The third-order valence-corrected chi connectivity index (χ3v) is 3.73. The number of fused-ring (bicyclic) bond motifs is 1. The van der Waals surface area contributed by atoms with Gasteiger partial charge in [0.2, 0.25) is 0 Å². The third-order valence-electron chi connectivity index (χ3n) is 2.91. The van der Waals surface area contributed by atoms with Gasteiger partial charge in [0.15, 0.2) is 0 Å². The van der Waals surface area contributed by atoms with Crippen LogP contribution in [0.15, 0.2) is 5.38 Å². The first-order chi connectivity index (χ1) is 8.72. The number of nitrogen functional groups attached to an aromatic ring is 1. The van der Waals surface area contributed by atoms with E-state index < -0.39 is 0 Å². The van der Waals surface area contributed by atoms with Crippen LogP contribution in [-0.4, -0.2) is 21.6 Å². The Morgan fingerprint density at radius 3 is 3.06 bits per heavy atom. The van der Waals surface area contributed by atoms with Crippen molar-refractivity contribution in [3.8, 4) is 0 Å². The summed E-state index contributed by atoms with van der Waals surface area (Å²) in [6.07, 6.45) is 1.45. The molecular formula is C12H14N4OS. The van der Waals surface area contributed by atoms with Crippen molar-refractivity contribution < 1.29 is 4.74 Å². The topological polar surface area (TPSA) is 73.9 Å². The highest BCUT2D eigenvalue weighted by Crippen LogP contribution is 2.21. The molecule has 2 aromatic rings. The Labute approximate surface area is 109 Å². The third kappa shape index (κ3) is 2.21. The molecule has 18 heavy (non-hydrogen) atoms. The Kier molecular flexibility index (Phi) is 2.97. The monoisotopic (exact) mass is 262 g/mol.